The minimum Gasteiger partial charge on any atom is -0.467 e. The van der Waals surface area contributed by atoms with Crippen molar-refractivity contribution in [2.24, 2.45) is 0 Å². The molecular weight excluding hydrogens is 422 g/mol. The van der Waals surface area contributed by atoms with Gasteiger partial charge in [-0.1, -0.05) is 24.3 Å². The zero-order valence-electron chi connectivity index (χ0n) is 17.8. The van der Waals surface area contributed by atoms with Crippen LogP contribution < -0.4 is 5.43 Å². The van der Waals surface area contributed by atoms with Crippen molar-refractivity contribution in [3.05, 3.63) is 82.9 Å². The van der Waals surface area contributed by atoms with Gasteiger partial charge in [-0.2, -0.15) is 5.26 Å². The number of carbonyl (C=O) groups is 2. The Balaban J connectivity index is 1.51. The highest BCUT2D eigenvalue weighted by molar-refractivity contribution is 5.94. The fraction of sp³-hybridized carbons (Fsp3) is 0.200. The fourth-order valence-electron chi connectivity index (χ4n) is 3.72. The zero-order chi connectivity index (χ0) is 23.2. The van der Waals surface area contributed by atoms with Gasteiger partial charge in [0.25, 0.3) is 5.91 Å². The summed E-state index contributed by atoms with van der Waals surface area (Å²) in [6.07, 6.45) is 1.65. The van der Waals surface area contributed by atoms with Crippen LogP contribution in [0.4, 0.5) is 0 Å². The first-order valence-electron chi connectivity index (χ1n) is 10.4. The molecule has 8 heteroatoms. The maximum absolute atomic E-state index is 12.8. The van der Waals surface area contributed by atoms with E-state index in [9.17, 15) is 14.4 Å². The molecule has 1 amide bonds. The van der Waals surface area contributed by atoms with E-state index in [4.69, 9.17) is 14.4 Å². The van der Waals surface area contributed by atoms with Crippen molar-refractivity contribution in [3.63, 3.8) is 0 Å². The number of nitrogens with zero attached hydrogens (tertiary/aromatic N) is 3. The van der Waals surface area contributed by atoms with Crippen LogP contribution in [0.5, 0.6) is 0 Å². The maximum atomic E-state index is 12.8. The van der Waals surface area contributed by atoms with Gasteiger partial charge in [0.15, 0.2) is 12.0 Å². The van der Waals surface area contributed by atoms with Gasteiger partial charge in [0, 0.05) is 17.3 Å². The van der Waals surface area contributed by atoms with Crippen LogP contribution in [0.25, 0.3) is 21.8 Å². The predicted molar refractivity (Wildman–Crippen MR) is 121 cm³/mol. The van der Waals surface area contributed by atoms with Crippen LogP contribution in [0, 0.1) is 11.3 Å². The molecule has 2 aromatic carbocycles. The van der Waals surface area contributed by atoms with Crippen LogP contribution in [-0.4, -0.2) is 34.5 Å². The highest BCUT2D eigenvalue weighted by Crippen LogP contribution is 2.19. The molecule has 2 aromatic heterocycles. The summed E-state index contributed by atoms with van der Waals surface area (Å²) in [7, 11) is 0. The molecule has 0 saturated carbocycles. The number of pyridine rings is 1. The minimum absolute atomic E-state index is 0.105. The number of benzene rings is 2. The van der Waals surface area contributed by atoms with Crippen molar-refractivity contribution < 1.29 is 18.7 Å². The molecular formula is C25H21N3O5. The van der Waals surface area contributed by atoms with Crippen LogP contribution in [0.1, 0.15) is 12.2 Å². The Morgan fingerprint density at radius 2 is 1.67 bits per heavy atom. The molecule has 0 unspecified atom stereocenters. The van der Waals surface area contributed by atoms with Gasteiger partial charge in [-0.3, -0.25) is 14.4 Å². The number of carbonyl (C=O) groups excluding carboxylic acids is 2. The van der Waals surface area contributed by atoms with E-state index in [1.807, 2.05) is 6.07 Å². The summed E-state index contributed by atoms with van der Waals surface area (Å²) < 4.78 is 12.3. The lowest BCUT2D eigenvalue weighted by Crippen LogP contribution is -2.35. The van der Waals surface area contributed by atoms with Gasteiger partial charge in [-0.25, -0.2) is 0 Å². The summed E-state index contributed by atoms with van der Waals surface area (Å²) in [6.45, 7) is -0.241. The molecule has 0 aliphatic heterocycles. The molecule has 0 N–H and O–H groups in total. The predicted octanol–water partition coefficient (Wildman–Crippen LogP) is 3.23. The van der Waals surface area contributed by atoms with Crippen LogP contribution >= 0.6 is 0 Å². The molecule has 4 aromatic rings. The van der Waals surface area contributed by atoms with Crippen molar-refractivity contribution in [1.29, 1.82) is 5.26 Å². The number of furan rings is 1. The van der Waals surface area contributed by atoms with E-state index < -0.39 is 18.5 Å². The third-order valence-corrected chi connectivity index (χ3v) is 5.30. The second kappa shape index (κ2) is 9.83. The van der Waals surface area contributed by atoms with Gasteiger partial charge < -0.3 is 18.6 Å². The molecule has 0 bridgehead atoms. The molecule has 33 heavy (non-hydrogen) atoms. The lowest BCUT2D eigenvalue weighted by atomic mass is 10.1. The lowest BCUT2D eigenvalue weighted by Gasteiger charge is -2.20. The molecule has 166 valence electrons. The quantitative estimate of drug-likeness (QED) is 0.306. The van der Waals surface area contributed by atoms with Crippen molar-refractivity contribution in [2.45, 2.75) is 19.5 Å². The molecule has 0 aliphatic rings. The molecule has 0 spiro atoms. The van der Waals surface area contributed by atoms with E-state index in [2.05, 4.69) is 0 Å². The fourth-order valence-corrected chi connectivity index (χ4v) is 3.72. The SMILES string of the molecule is N#CCCN(Cc1ccco1)C(=O)COC(=O)Cn1c2ccccc2c(=O)c2ccccc21. The third-order valence-electron chi connectivity index (χ3n) is 5.30. The van der Waals surface area contributed by atoms with Gasteiger partial charge in [0.05, 0.1) is 36.3 Å². The Labute approximate surface area is 189 Å². The van der Waals surface area contributed by atoms with E-state index in [0.717, 1.165) is 0 Å². The third kappa shape index (κ3) is 4.77. The number of para-hydroxylation sites is 2. The number of amides is 1. The van der Waals surface area contributed by atoms with Gasteiger partial charge in [0.1, 0.15) is 12.3 Å². The van der Waals surface area contributed by atoms with Crippen LogP contribution in [0.2, 0.25) is 0 Å². The van der Waals surface area contributed by atoms with Crippen molar-refractivity contribution in [2.75, 3.05) is 13.2 Å². The molecule has 0 fully saturated rings. The molecule has 0 atom stereocenters. The van der Waals surface area contributed by atoms with E-state index in [0.29, 0.717) is 27.6 Å². The normalized spacial score (nSPS) is 10.8. The number of hydrogen-bond acceptors (Lipinski definition) is 6. The highest BCUT2D eigenvalue weighted by Gasteiger charge is 2.18. The molecule has 0 saturated heterocycles. The first kappa shape index (κ1) is 21.8. The molecule has 0 aliphatic carbocycles. The van der Waals surface area contributed by atoms with Crippen molar-refractivity contribution in [3.8, 4) is 6.07 Å². The van der Waals surface area contributed by atoms with Gasteiger partial charge >= 0.3 is 5.97 Å². The van der Waals surface area contributed by atoms with Crippen LogP contribution in [0.3, 0.4) is 0 Å². The Kier molecular flexibility index (Phi) is 6.51. The molecule has 0 radical (unpaired) electrons. The Morgan fingerprint density at radius 1 is 1.00 bits per heavy atom. The average molecular weight is 443 g/mol. The number of rotatable bonds is 8. The Bertz CT molecular complexity index is 1340. The number of ether oxygens (including phenoxy) is 1. The molecule has 8 nitrogen and oxygen atoms in total. The summed E-state index contributed by atoms with van der Waals surface area (Å²) in [5, 5.41) is 9.88. The molecule has 4 rings (SSSR count). The zero-order valence-corrected chi connectivity index (χ0v) is 17.8. The first-order chi connectivity index (χ1) is 16.1. The number of aromatic nitrogens is 1. The van der Waals surface area contributed by atoms with Gasteiger partial charge in [0.2, 0.25) is 0 Å². The van der Waals surface area contributed by atoms with Gasteiger partial charge in [-0.05, 0) is 36.4 Å². The standard InChI is InChI=1S/C25H21N3O5/c26-12-6-13-27(15-18-7-5-14-32-18)23(29)17-33-24(30)16-28-21-10-3-1-8-19(21)25(31)20-9-2-4-11-22(20)28/h1-5,7-11,14H,6,13,15-17H2. The van der Waals surface area contributed by atoms with Crippen LogP contribution in [0.15, 0.2) is 76.1 Å². The van der Waals surface area contributed by atoms with E-state index in [1.54, 1.807) is 65.2 Å². The number of nitriles is 1. The highest BCUT2D eigenvalue weighted by atomic mass is 16.5. The summed E-state index contributed by atoms with van der Waals surface area (Å²) in [5.74, 6) is -0.469. The smallest absolute Gasteiger partial charge is 0.326 e. The number of fused-ring (bicyclic) bond motifs is 2. The first-order valence-corrected chi connectivity index (χ1v) is 10.4. The largest absolute Gasteiger partial charge is 0.467 e. The summed E-state index contributed by atoms with van der Waals surface area (Å²) in [5.41, 5.74) is 1.11. The Hall–Kier alpha value is -4.38. The van der Waals surface area contributed by atoms with Crippen molar-refractivity contribution in [1.82, 2.24) is 9.47 Å². The van der Waals surface area contributed by atoms with E-state index in [1.165, 1.54) is 11.2 Å². The van der Waals surface area contributed by atoms with Crippen LogP contribution in [-0.2, 0) is 27.4 Å². The number of hydrogen-bond donors (Lipinski definition) is 0. The maximum Gasteiger partial charge on any atom is 0.326 e. The summed E-state index contributed by atoms with van der Waals surface area (Å²) in [6, 6.07) is 19.6. The number of esters is 1. The minimum atomic E-state index is -0.611. The van der Waals surface area contributed by atoms with E-state index >= 15 is 0 Å². The lowest BCUT2D eigenvalue weighted by molar-refractivity contribution is -0.152. The monoisotopic (exact) mass is 443 g/mol. The second-order valence-electron chi connectivity index (χ2n) is 7.41. The topological polar surface area (TPSA) is 106 Å². The van der Waals surface area contributed by atoms with E-state index in [-0.39, 0.29) is 31.5 Å². The van der Waals surface area contributed by atoms with Gasteiger partial charge in [-0.15, -0.1) is 0 Å². The second-order valence-corrected chi connectivity index (χ2v) is 7.41. The average Bonchev–Trinajstić information content (AvgIpc) is 3.36. The van der Waals surface area contributed by atoms with Crippen molar-refractivity contribution >= 4 is 33.7 Å². The summed E-state index contributed by atoms with van der Waals surface area (Å²) in [4.78, 5) is 39.6. The Morgan fingerprint density at radius 3 is 2.27 bits per heavy atom. The molecule has 2 heterocycles. The summed E-state index contributed by atoms with van der Waals surface area (Å²) >= 11 is 0.